The Bertz CT molecular complexity index is 761. The Morgan fingerprint density at radius 2 is 1.92 bits per heavy atom. The lowest BCUT2D eigenvalue weighted by atomic mass is 10.1. The number of aromatic nitrogens is 1. The van der Waals surface area contributed by atoms with Crippen molar-refractivity contribution in [1.29, 1.82) is 0 Å². The molecule has 5 nitrogen and oxygen atoms in total. The SMILES string of the molecule is CCn1cc(C(=O)N2CCN(C3CCCC3O)CC2)c2ccccc21. The number of carbonyl (C=O) groups is 1. The first-order valence-corrected chi connectivity index (χ1v) is 9.48. The van der Waals surface area contributed by atoms with Crippen LogP contribution in [0.4, 0.5) is 0 Å². The maximum absolute atomic E-state index is 13.1. The summed E-state index contributed by atoms with van der Waals surface area (Å²) in [6.07, 6.45) is 4.92. The quantitative estimate of drug-likeness (QED) is 0.932. The minimum Gasteiger partial charge on any atom is -0.391 e. The second-order valence-electron chi connectivity index (χ2n) is 7.24. The molecule has 1 aliphatic heterocycles. The molecular weight excluding hydrogens is 314 g/mol. The fourth-order valence-electron chi connectivity index (χ4n) is 4.45. The highest BCUT2D eigenvalue weighted by atomic mass is 16.3. The van der Waals surface area contributed by atoms with Gasteiger partial charge in [-0.3, -0.25) is 9.69 Å². The van der Waals surface area contributed by atoms with Crippen molar-refractivity contribution in [2.45, 2.75) is 44.9 Å². The van der Waals surface area contributed by atoms with Gasteiger partial charge in [-0.05, 0) is 32.3 Å². The largest absolute Gasteiger partial charge is 0.391 e. The van der Waals surface area contributed by atoms with Gasteiger partial charge in [0.2, 0.25) is 0 Å². The number of carbonyl (C=O) groups excluding carboxylic acids is 1. The number of piperazine rings is 1. The number of nitrogens with zero attached hydrogens (tertiary/aromatic N) is 3. The topological polar surface area (TPSA) is 48.7 Å². The average molecular weight is 341 g/mol. The van der Waals surface area contributed by atoms with Gasteiger partial charge in [-0.2, -0.15) is 0 Å². The van der Waals surface area contributed by atoms with Crippen molar-refractivity contribution in [2.24, 2.45) is 0 Å². The summed E-state index contributed by atoms with van der Waals surface area (Å²) in [6.45, 7) is 6.18. The Hall–Kier alpha value is -1.85. The lowest BCUT2D eigenvalue weighted by molar-refractivity contribution is 0.0316. The Morgan fingerprint density at radius 3 is 2.60 bits per heavy atom. The Kier molecular flexibility index (Phi) is 4.52. The van der Waals surface area contributed by atoms with Crippen molar-refractivity contribution in [3.63, 3.8) is 0 Å². The van der Waals surface area contributed by atoms with E-state index >= 15 is 0 Å². The van der Waals surface area contributed by atoms with Crippen molar-refractivity contribution in [3.05, 3.63) is 36.0 Å². The van der Waals surface area contributed by atoms with Crippen LogP contribution in [0.5, 0.6) is 0 Å². The van der Waals surface area contributed by atoms with Gasteiger partial charge in [-0.1, -0.05) is 18.2 Å². The molecule has 1 amide bonds. The number of rotatable bonds is 3. The van der Waals surface area contributed by atoms with Crippen molar-refractivity contribution < 1.29 is 9.90 Å². The molecule has 2 atom stereocenters. The molecule has 1 aromatic carbocycles. The molecule has 2 heterocycles. The van der Waals surface area contributed by atoms with E-state index < -0.39 is 0 Å². The third-order valence-corrected chi connectivity index (χ3v) is 5.87. The highest BCUT2D eigenvalue weighted by Crippen LogP contribution is 2.26. The third kappa shape index (κ3) is 2.96. The van der Waals surface area contributed by atoms with Gasteiger partial charge >= 0.3 is 0 Å². The Labute approximate surface area is 148 Å². The predicted molar refractivity (Wildman–Crippen MR) is 98.7 cm³/mol. The molecule has 25 heavy (non-hydrogen) atoms. The summed E-state index contributed by atoms with van der Waals surface area (Å²) in [7, 11) is 0. The summed E-state index contributed by atoms with van der Waals surface area (Å²) >= 11 is 0. The van der Waals surface area contributed by atoms with Crippen LogP contribution in [0.3, 0.4) is 0 Å². The number of amides is 1. The molecule has 1 saturated carbocycles. The number of benzene rings is 1. The predicted octanol–water partition coefficient (Wildman–Crippen LogP) is 2.33. The van der Waals surface area contributed by atoms with E-state index in [0.29, 0.717) is 6.04 Å². The highest BCUT2D eigenvalue weighted by Gasteiger charge is 2.33. The zero-order chi connectivity index (χ0) is 17.4. The van der Waals surface area contributed by atoms with E-state index in [1.807, 2.05) is 29.3 Å². The average Bonchev–Trinajstić information content (AvgIpc) is 3.25. The monoisotopic (exact) mass is 341 g/mol. The van der Waals surface area contributed by atoms with Crippen LogP contribution in [-0.2, 0) is 6.54 Å². The normalized spacial score (nSPS) is 25.0. The van der Waals surface area contributed by atoms with E-state index in [9.17, 15) is 9.90 Å². The van der Waals surface area contributed by atoms with Gasteiger partial charge in [0.1, 0.15) is 0 Å². The Balaban J connectivity index is 1.49. The first kappa shape index (κ1) is 16.6. The molecule has 0 bridgehead atoms. The van der Waals surface area contributed by atoms with Crippen LogP contribution in [0.2, 0.25) is 0 Å². The van der Waals surface area contributed by atoms with Crippen molar-refractivity contribution in [2.75, 3.05) is 26.2 Å². The zero-order valence-electron chi connectivity index (χ0n) is 14.9. The van der Waals surface area contributed by atoms with Gasteiger partial charge in [0, 0.05) is 55.9 Å². The van der Waals surface area contributed by atoms with Crippen LogP contribution in [0.15, 0.2) is 30.5 Å². The van der Waals surface area contributed by atoms with Gasteiger partial charge in [-0.15, -0.1) is 0 Å². The maximum Gasteiger partial charge on any atom is 0.256 e. The number of aliphatic hydroxyl groups excluding tert-OH is 1. The molecule has 1 aromatic heterocycles. The van der Waals surface area contributed by atoms with Crippen LogP contribution in [0.25, 0.3) is 10.9 Å². The molecule has 4 rings (SSSR count). The maximum atomic E-state index is 13.1. The second kappa shape index (κ2) is 6.81. The van der Waals surface area contributed by atoms with E-state index in [1.165, 1.54) is 0 Å². The number of aryl methyl sites for hydroxylation is 1. The fourth-order valence-corrected chi connectivity index (χ4v) is 4.45. The first-order valence-electron chi connectivity index (χ1n) is 9.48. The lowest BCUT2D eigenvalue weighted by Gasteiger charge is -2.39. The molecule has 134 valence electrons. The molecule has 1 N–H and O–H groups in total. The van der Waals surface area contributed by atoms with E-state index in [-0.39, 0.29) is 12.0 Å². The number of hydrogen-bond acceptors (Lipinski definition) is 3. The van der Waals surface area contributed by atoms with Crippen molar-refractivity contribution >= 4 is 16.8 Å². The van der Waals surface area contributed by atoms with E-state index in [1.54, 1.807) is 0 Å². The molecule has 2 aromatic rings. The molecule has 5 heteroatoms. The summed E-state index contributed by atoms with van der Waals surface area (Å²) in [5.41, 5.74) is 1.94. The molecule has 2 fully saturated rings. The molecule has 0 radical (unpaired) electrons. The molecular formula is C20H27N3O2. The molecule has 0 spiro atoms. The summed E-state index contributed by atoms with van der Waals surface area (Å²) in [6, 6.07) is 8.43. The first-order chi connectivity index (χ1) is 12.2. The molecule has 1 saturated heterocycles. The van der Waals surface area contributed by atoms with Crippen LogP contribution >= 0.6 is 0 Å². The van der Waals surface area contributed by atoms with Crippen LogP contribution < -0.4 is 0 Å². The van der Waals surface area contributed by atoms with Gasteiger partial charge < -0.3 is 14.6 Å². The summed E-state index contributed by atoms with van der Waals surface area (Å²) in [5, 5.41) is 11.2. The smallest absolute Gasteiger partial charge is 0.256 e. The molecule has 1 aliphatic carbocycles. The summed E-state index contributed by atoms with van der Waals surface area (Å²) in [5.74, 6) is 0.134. The fraction of sp³-hybridized carbons (Fsp3) is 0.550. The van der Waals surface area contributed by atoms with Gasteiger partial charge in [0.15, 0.2) is 0 Å². The van der Waals surface area contributed by atoms with E-state index in [2.05, 4.69) is 22.5 Å². The van der Waals surface area contributed by atoms with Crippen molar-refractivity contribution in [3.8, 4) is 0 Å². The number of hydrogen-bond donors (Lipinski definition) is 1. The van der Waals surface area contributed by atoms with Gasteiger partial charge in [-0.25, -0.2) is 0 Å². The lowest BCUT2D eigenvalue weighted by Crippen LogP contribution is -2.53. The second-order valence-corrected chi connectivity index (χ2v) is 7.24. The van der Waals surface area contributed by atoms with Crippen LogP contribution in [0, 0.1) is 0 Å². The van der Waals surface area contributed by atoms with Crippen molar-refractivity contribution in [1.82, 2.24) is 14.4 Å². The van der Waals surface area contributed by atoms with Gasteiger partial charge in [0.25, 0.3) is 5.91 Å². The molecule has 2 unspecified atom stereocenters. The van der Waals surface area contributed by atoms with Crippen LogP contribution in [0.1, 0.15) is 36.5 Å². The van der Waals surface area contributed by atoms with E-state index in [4.69, 9.17) is 0 Å². The summed E-state index contributed by atoms with van der Waals surface area (Å²) in [4.78, 5) is 17.4. The standard InChI is InChI=1S/C20H27N3O2/c1-2-21-14-16(15-6-3-4-7-17(15)21)20(25)23-12-10-22(11-13-23)18-8-5-9-19(18)24/h3-4,6-7,14,18-19,24H,2,5,8-13H2,1H3. The minimum absolute atomic E-state index is 0.134. The third-order valence-electron chi connectivity index (χ3n) is 5.87. The number of aliphatic hydroxyl groups is 1. The number of fused-ring (bicyclic) bond motifs is 1. The zero-order valence-corrected chi connectivity index (χ0v) is 14.9. The highest BCUT2D eigenvalue weighted by molar-refractivity contribution is 6.07. The molecule has 2 aliphatic rings. The number of para-hydroxylation sites is 1. The Morgan fingerprint density at radius 1 is 1.16 bits per heavy atom. The van der Waals surface area contributed by atoms with Gasteiger partial charge in [0.05, 0.1) is 11.7 Å². The van der Waals surface area contributed by atoms with Crippen LogP contribution in [-0.4, -0.2) is 63.7 Å². The summed E-state index contributed by atoms with van der Waals surface area (Å²) < 4.78 is 2.15. The minimum atomic E-state index is -0.190. The van der Waals surface area contributed by atoms with E-state index in [0.717, 1.165) is 68.5 Å².